The van der Waals surface area contributed by atoms with Crippen molar-refractivity contribution in [1.29, 1.82) is 0 Å². The number of carbonyl (C=O) groups is 1. The summed E-state index contributed by atoms with van der Waals surface area (Å²) >= 11 is 0. The normalized spacial score (nSPS) is 15.7. The molecule has 25 heavy (non-hydrogen) atoms. The SMILES string of the molecule is CCN[C@H](C)CNC(=O)CCN1CCN(c2ccccn2)CC1.Cl.Cl. The lowest BCUT2D eigenvalue weighted by atomic mass is 10.2. The zero-order chi connectivity index (χ0) is 16.5. The molecular weight excluding hydrogens is 361 g/mol. The maximum Gasteiger partial charge on any atom is 0.221 e. The van der Waals surface area contributed by atoms with Gasteiger partial charge in [0.05, 0.1) is 0 Å². The summed E-state index contributed by atoms with van der Waals surface area (Å²) in [7, 11) is 0. The topological polar surface area (TPSA) is 60.5 Å². The van der Waals surface area contributed by atoms with Gasteiger partial charge in [0, 0.05) is 57.9 Å². The molecular formula is C17H31Cl2N5O. The van der Waals surface area contributed by atoms with Crippen LogP contribution in [-0.4, -0.2) is 67.6 Å². The lowest BCUT2D eigenvalue weighted by Crippen LogP contribution is -2.47. The molecule has 1 aliphatic heterocycles. The molecule has 0 spiro atoms. The van der Waals surface area contributed by atoms with Gasteiger partial charge in [-0.3, -0.25) is 9.69 Å². The fourth-order valence-corrected chi connectivity index (χ4v) is 2.78. The molecule has 2 rings (SSSR count). The number of aromatic nitrogens is 1. The predicted octanol–water partition coefficient (Wildman–Crippen LogP) is 1.55. The van der Waals surface area contributed by atoms with Crippen LogP contribution in [0.25, 0.3) is 0 Å². The third-order valence-electron chi connectivity index (χ3n) is 4.16. The average Bonchev–Trinajstić information content (AvgIpc) is 2.59. The van der Waals surface area contributed by atoms with Crippen molar-refractivity contribution in [2.45, 2.75) is 26.3 Å². The van der Waals surface area contributed by atoms with Crippen molar-refractivity contribution < 1.29 is 4.79 Å². The molecule has 0 unspecified atom stereocenters. The van der Waals surface area contributed by atoms with Crippen LogP contribution >= 0.6 is 24.8 Å². The van der Waals surface area contributed by atoms with Gasteiger partial charge in [0.15, 0.2) is 0 Å². The Balaban J connectivity index is 0.00000288. The molecule has 0 aromatic carbocycles. The third kappa shape index (κ3) is 8.72. The Bertz CT molecular complexity index is 469. The van der Waals surface area contributed by atoms with Crippen LogP contribution < -0.4 is 15.5 Å². The minimum Gasteiger partial charge on any atom is -0.355 e. The summed E-state index contributed by atoms with van der Waals surface area (Å²) in [5.41, 5.74) is 0. The number of hydrogen-bond acceptors (Lipinski definition) is 5. The molecule has 1 saturated heterocycles. The van der Waals surface area contributed by atoms with E-state index in [1.54, 1.807) is 0 Å². The molecule has 1 atom stereocenters. The molecule has 2 N–H and O–H groups in total. The van der Waals surface area contributed by atoms with E-state index in [1.807, 2.05) is 18.3 Å². The van der Waals surface area contributed by atoms with E-state index >= 15 is 0 Å². The van der Waals surface area contributed by atoms with E-state index in [4.69, 9.17) is 0 Å². The van der Waals surface area contributed by atoms with Gasteiger partial charge in [-0.25, -0.2) is 4.98 Å². The second-order valence-electron chi connectivity index (χ2n) is 6.03. The van der Waals surface area contributed by atoms with E-state index in [-0.39, 0.29) is 30.7 Å². The van der Waals surface area contributed by atoms with Gasteiger partial charge in [-0.15, -0.1) is 24.8 Å². The summed E-state index contributed by atoms with van der Waals surface area (Å²) in [5.74, 6) is 1.18. The number of rotatable bonds is 8. The van der Waals surface area contributed by atoms with Gasteiger partial charge in [0.2, 0.25) is 5.91 Å². The number of halogens is 2. The smallest absolute Gasteiger partial charge is 0.221 e. The maximum atomic E-state index is 11.9. The molecule has 1 fully saturated rings. The Kier molecular flexibility index (Phi) is 12.6. The number of anilines is 1. The molecule has 0 radical (unpaired) electrons. The molecule has 8 heteroatoms. The van der Waals surface area contributed by atoms with Crippen molar-refractivity contribution in [3.8, 4) is 0 Å². The van der Waals surface area contributed by atoms with Gasteiger partial charge in [-0.2, -0.15) is 0 Å². The summed E-state index contributed by atoms with van der Waals surface area (Å²) in [6, 6.07) is 6.34. The Morgan fingerprint density at radius 2 is 1.96 bits per heavy atom. The molecule has 1 aromatic heterocycles. The first-order valence-corrected chi connectivity index (χ1v) is 8.57. The number of piperazine rings is 1. The van der Waals surface area contributed by atoms with Crippen LogP contribution in [0.3, 0.4) is 0 Å². The zero-order valence-corrected chi connectivity index (χ0v) is 16.7. The van der Waals surface area contributed by atoms with Crippen molar-refractivity contribution in [1.82, 2.24) is 20.5 Å². The minimum atomic E-state index is 0. The van der Waals surface area contributed by atoms with Crippen LogP contribution in [0.4, 0.5) is 5.82 Å². The highest BCUT2D eigenvalue weighted by Gasteiger charge is 2.18. The van der Waals surface area contributed by atoms with Crippen molar-refractivity contribution >= 4 is 36.5 Å². The van der Waals surface area contributed by atoms with Gasteiger partial charge in [0.1, 0.15) is 5.82 Å². The second kappa shape index (κ2) is 13.2. The molecule has 1 aliphatic rings. The summed E-state index contributed by atoms with van der Waals surface area (Å²) in [6.45, 7) is 10.5. The first-order chi connectivity index (χ1) is 11.2. The van der Waals surface area contributed by atoms with Crippen molar-refractivity contribution in [2.24, 2.45) is 0 Å². The van der Waals surface area contributed by atoms with E-state index in [0.29, 0.717) is 19.0 Å². The lowest BCUT2D eigenvalue weighted by Gasteiger charge is -2.35. The summed E-state index contributed by atoms with van der Waals surface area (Å²) in [4.78, 5) is 20.9. The largest absolute Gasteiger partial charge is 0.355 e. The Hall–Kier alpha value is -1.08. The third-order valence-corrected chi connectivity index (χ3v) is 4.16. The highest BCUT2D eigenvalue weighted by Crippen LogP contribution is 2.12. The molecule has 0 bridgehead atoms. The van der Waals surface area contributed by atoms with Gasteiger partial charge in [-0.1, -0.05) is 13.0 Å². The minimum absolute atomic E-state index is 0. The van der Waals surface area contributed by atoms with Crippen LogP contribution in [-0.2, 0) is 4.79 Å². The van der Waals surface area contributed by atoms with Gasteiger partial charge in [-0.05, 0) is 25.6 Å². The number of nitrogens with one attached hydrogen (secondary N) is 2. The van der Waals surface area contributed by atoms with Gasteiger partial charge < -0.3 is 15.5 Å². The van der Waals surface area contributed by atoms with Gasteiger partial charge >= 0.3 is 0 Å². The molecule has 1 amide bonds. The molecule has 6 nitrogen and oxygen atoms in total. The highest BCUT2D eigenvalue weighted by atomic mass is 35.5. The van der Waals surface area contributed by atoms with Crippen molar-refractivity contribution in [2.75, 3.05) is 50.7 Å². The number of hydrogen-bond donors (Lipinski definition) is 2. The van der Waals surface area contributed by atoms with Crippen LogP contribution in [0.15, 0.2) is 24.4 Å². The molecule has 1 aromatic rings. The number of likely N-dealkylation sites (N-methyl/N-ethyl adjacent to an activating group) is 1. The van der Waals surface area contributed by atoms with Crippen LogP contribution in [0.5, 0.6) is 0 Å². The summed E-state index contributed by atoms with van der Waals surface area (Å²) in [5, 5.41) is 6.28. The first-order valence-electron chi connectivity index (χ1n) is 8.57. The molecule has 2 heterocycles. The van der Waals surface area contributed by atoms with Crippen molar-refractivity contribution in [3.63, 3.8) is 0 Å². The number of nitrogens with zero attached hydrogens (tertiary/aromatic N) is 3. The number of pyridine rings is 1. The number of carbonyl (C=O) groups excluding carboxylic acids is 1. The van der Waals surface area contributed by atoms with Crippen LogP contribution in [0, 0.1) is 0 Å². The Morgan fingerprint density at radius 1 is 1.24 bits per heavy atom. The van der Waals surface area contributed by atoms with Crippen LogP contribution in [0.1, 0.15) is 20.3 Å². The van der Waals surface area contributed by atoms with E-state index in [1.165, 1.54) is 0 Å². The summed E-state index contributed by atoms with van der Waals surface area (Å²) in [6.07, 6.45) is 2.41. The first kappa shape index (κ1) is 23.9. The second-order valence-corrected chi connectivity index (χ2v) is 6.03. The highest BCUT2D eigenvalue weighted by molar-refractivity contribution is 5.85. The maximum absolute atomic E-state index is 11.9. The lowest BCUT2D eigenvalue weighted by molar-refractivity contribution is -0.121. The fraction of sp³-hybridized carbons (Fsp3) is 0.647. The molecule has 0 aliphatic carbocycles. The van der Waals surface area contributed by atoms with Crippen LogP contribution in [0.2, 0.25) is 0 Å². The number of amides is 1. The Morgan fingerprint density at radius 3 is 2.56 bits per heavy atom. The molecule has 144 valence electrons. The molecule has 0 saturated carbocycles. The fourth-order valence-electron chi connectivity index (χ4n) is 2.78. The standard InChI is InChI=1S/C17H29N5O.2ClH/c1-3-18-15(2)14-20-17(23)7-9-21-10-12-22(13-11-21)16-6-4-5-8-19-16;;/h4-6,8,15,18H,3,7,9-14H2,1-2H3,(H,20,23);2*1H/t15-;;/m1../s1. The van der Waals surface area contributed by atoms with E-state index in [0.717, 1.165) is 45.1 Å². The van der Waals surface area contributed by atoms with E-state index in [9.17, 15) is 4.79 Å². The van der Waals surface area contributed by atoms with Gasteiger partial charge in [0.25, 0.3) is 0 Å². The monoisotopic (exact) mass is 391 g/mol. The van der Waals surface area contributed by atoms with E-state index < -0.39 is 0 Å². The summed E-state index contributed by atoms with van der Waals surface area (Å²) < 4.78 is 0. The van der Waals surface area contributed by atoms with Crippen molar-refractivity contribution in [3.05, 3.63) is 24.4 Å². The Labute approximate surface area is 163 Å². The average molecular weight is 392 g/mol. The quantitative estimate of drug-likeness (QED) is 0.703. The van der Waals surface area contributed by atoms with E-state index in [2.05, 4.69) is 45.3 Å². The zero-order valence-electron chi connectivity index (χ0n) is 15.1. The predicted molar refractivity (Wildman–Crippen MR) is 108 cm³/mol.